The second-order valence-corrected chi connectivity index (χ2v) is 11.4. The smallest absolute Gasteiger partial charge is 0.317 e. The molecule has 6 nitrogen and oxygen atoms in total. The number of ether oxygens (including phenoxy) is 1. The molecule has 2 amide bonds. The molecule has 0 aromatic heterocycles. The summed E-state index contributed by atoms with van der Waals surface area (Å²) in [4.78, 5) is 15.3. The second kappa shape index (κ2) is 14.9. The van der Waals surface area contributed by atoms with Crippen molar-refractivity contribution in [1.29, 1.82) is 0 Å². The molecule has 38 heavy (non-hydrogen) atoms. The first-order chi connectivity index (χ1) is 18.3. The van der Waals surface area contributed by atoms with Crippen LogP contribution in [0, 0.1) is 11.8 Å². The molecule has 1 aliphatic heterocycles. The van der Waals surface area contributed by atoms with E-state index in [1.807, 2.05) is 60.5 Å². The van der Waals surface area contributed by atoms with Gasteiger partial charge in [-0.25, -0.2) is 4.79 Å². The van der Waals surface area contributed by atoms with Crippen LogP contribution in [-0.2, 0) is 10.3 Å². The molecule has 1 saturated heterocycles. The number of nitrogens with one attached hydrogen (secondary N) is 2. The average molecular weight is 544 g/mol. The summed E-state index contributed by atoms with van der Waals surface area (Å²) in [6.45, 7) is 6.94. The van der Waals surface area contributed by atoms with E-state index in [2.05, 4.69) is 24.5 Å². The third kappa shape index (κ3) is 7.95. The number of aliphatic hydroxyl groups is 1. The van der Waals surface area contributed by atoms with Crippen molar-refractivity contribution in [2.24, 2.45) is 11.8 Å². The van der Waals surface area contributed by atoms with Gasteiger partial charge in [0.15, 0.2) is 0 Å². The number of methoxy groups -OCH3 is 1. The number of urea groups is 1. The molecule has 3 N–H and O–H groups in total. The van der Waals surface area contributed by atoms with Gasteiger partial charge in [0.25, 0.3) is 0 Å². The molecule has 0 bridgehead atoms. The molecule has 0 radical (unpaired) electrons. The maximum atomic E-state index is 13.4. The van der Waals surface area contributed by atoms with Gasteiger partial charge in [-0.2, -0.15) is 0 Å². The Balaban J connectivity index is 1.90. The minimum absolute atomic E-state index is 0.0447. The van der Waals surface area contributed by atoms with Gasteiger partial charge in [-0.15, -0.1) is 0 Å². The standard InChI is InChI=1S/C31H46ClN3O3/c1-23(2)20-25(21-33-3)34-30(36)35-18-11-12-24(22-35)31(37,17-9-10-19-38-4)28-15-7-5-13-26(28)27-14-6-8-16-29(27)32/h5-8,13-16,23-25,33,37H,9-12,17-22H2,1-4H3,(H,34,36)/t24-,25?,31+/m1/s1. The van der Waals surface area contributed by atoms with E-state index in [-0.39, 0.29) is 18.0 Å². The van der Waals surface area contributed by atoms with E-state index in [0.29, 0.717) is 37.1 Å². The van der Waals surface area contributed by atoms with Crippen LogP contribution in [0.1, 0.15) is 57.9 Å². The molecule has 3 atom stereocenters. The van der Waals surface area contributed by atoms with E-state index in [4.69, 9.17) is 16.3 Å². The number of rotatable bonds is 13. The molecule has 3 rings (SSSR count). The van der Waals surface area contributed by atoms with Gasteiger partial charge in [-0.3, -0.25) is 0 Å². The van der Waals surface area contributed by atoms with Crippen LogP contribution in [0.4, 0.5) is 4.79 Å². The third-order valence-corrected chi connectivity index (χ3v) is 7.96. The second-order valence-electron chi connectivity index (χ2n) is 11.0. The summed E-state index contributed by atoms with van der Waals surface area (Å²) in [7, 11) is 3.62. The largest absolute Gasteiger partial charge is 0.385 e. The number of carbonyl (C=O) groups excluding carboxylic acids is 1. The molecule has 2 aromatic carbocycles. The third-order valence-electron chi connectivity index (χ3n) is 7.63. The van der Waals surface area contributed by atoms with Crippen molar-refractivity contribution in [3.63, 3.8) is 0 Å². The number of hydrogen-bond donors (Lipinski definition) is 3. The minimum atomic E-state index is -1.11. The number of likely N-dealkylation sites (tertiary alicyclic amines) is 1. The summed E-state index contributed by atoms with van der Waals surface area (Å²) < 4.78 is 5.28. The van der Waals surface area contributed by atoms with Gasteiger partial charge >= 0.3 is 6.03 Å². The molecule has 1 heterocycles. The topological polar surface area (TPSA) is 73.8 Å². The van der Waals surface area contributed by atoms with Gasteiger partial charge < -0.3 is 25.4 Å². The normalized spacial score (nSPS) is 18.3. The Bertz CT molecular complexity index is 1020. The molecule has 0 aliphatic carbocycles. The molecule has 7 heteroatoms. The quantitative estimate of drug-likeness (QED) is 0.268. The molecule has 0 saturated carbocycles. The van der Waals surface area contributed by atoms with Crippen molar-refractivity contribution in [3.8, 4) is 11.1 Å². The highest BCUT2D eigenvalue weighted by atomic mass is 35.5. The molecule has 1 aliphatic rings. The zero-order valence-corrected chi connectivity index (χ0v) is 24.3. The summed E-state index contributed by atoms with van der Waals surface area (Å²) in [5, 5.41) is 19.7. The highest BCUT2D eigenvalue weighted by molar-refractivity contribution is 6.33. The van der Waals surface area contributed by atoms with Crippen molar-refractivity contribution in [3.05, 3.63) is 59.1 Å². The average Bonchev–Trinajstić information content (AvgIpc) is 2.91. The Morgan fingerprint density at radius 1 is 1.16 bits per heavy atom. The number of likely N-dealkylation sites (N-methyl/N-ethyl adjacent to an activating group) is 1. The van der Waals surface area contributed by atoms with Gasteiger partial charge in [0, 0.05) is 55.9 Å². The summed E-state index contributed by atoms with van der Waals surface area (Å²) >= 11 is 6.62. The van der Waals surface area contributed by atoms with Gasteiger partial charge in [0.1, 0.15) is 0 Å². The van der Waals surface area contributed by atoms with Crippen molar-refractivity contribution in [2.75, 3.05) is 40.4 Å². The van der Waals surface area contributed by atoms with E-state index in [1.165, 1.54) is 0 Å². The molecular weight excluding hydrogens is 498 g/mol. The molecule has 2 aromatic rings. The number of amides is 2. The number of piperidine rings is 1. The van der Waals surface area contributed by atoms with E-state index in [1.54, 1.807) is 7.11 Å². The lowest BCUT2D eigenvalue weighted by atomic mass is 9.72. The van der Waals surface area contributed by atoms with Crippen LogP contribution in [0.3, 0.4) is 0 Å². The first kappa shape index (κ1) is 30.4. The predicted molar refractivity (Wildman–Crippen MR) is 157 cm³/mol. The van der Waals surface area contributed by atoms with Crippen LogP contribution in [0.25, 0.3) is 11.1 Å². The molecular formula is C31H46ClN3O3. The van der Waals surface area contributed by atoms with Crippen LogP contribution in [-0.4, -0.2) is 62.5 Å². The minimum Gasteiger partial charge on any atom is -0.385 e. The van der Waals surface area contributed by atoms with Crippen LogP contribution in [0.2, 0.25) is 5.02 Å². The SMILES string of the molecule is CNCC(CC(C)C)NC(=O)N1CCC[C@@H]([C@@](O)(CCCCOC)c2ccccc2-c2ccccc2Cl)C1. The van der Waals surface area contributed by atoms with E-state index < -0.39 is 5.60 Å². The molecule has 1 unspecified atom stereocenters. The fourth-order valence-electron chi connectivity index (χ4n) is 5.80. The number of nitrogens with zero attached hydrogens (tertiary/aromatic N) is 1. The number of unbranched alkanes of at least 4 members (excludes halogenated alkanes) is 1. The van der Waals surface area contributed by atoms with Crippen LogP contribution >= 0.6 is 11.6 Å². The number of halogens is 1. The summed E-state index contributed by atoms with van der Waals surface area (Å²) in [6.07, 6.45) is 4.90. The summed E-state index contributed by atoms with van der Waals surface area (Å²) in [6, 6.07) is 15.9. The lowest BCUT2D eigenvalue weighted by Gasteiger charge is -2.44. The van der Waals surface area contributed by atoms with E-state index in [0.717, 1.165) is 55.3 Å². The van der Waals surface area contributed by atoms with Crippen LogP contribution in [0.15, 0.2) is 48.5 Å². The molecule has 210 valence electrons. The number of hydrogen-bond acceptors (Lipinski definition) is 4. The Kier molecular flexibility index (Phi) is 11.9. The van der Waals surface area contributed by atoms with Gasteiger partial charge in [0.2, 0.25) is 0 Å². The van der Waals surface area contributed by atoms with Gasteiger partial charge in [-0.1, -0.05) is 67.9 Å². The zero-order chi connectivity index (χ0) is 27.5. The van der Waals surface area contributed by atoms with Gasteiger partial charge in [-0.05, 0) is 68.7 Å². The van der Waals surface area contributed by atoms with Crippen molar-refractivity contribution in [2.45, 2.75) is 64.0 Å². The highest BCUT2D eigenvalue weighted by Gasteiger charge is 2.42. The van der Waals surface area contributed by atoms with Gasteiger partial charge in [0.05, 0.1) is 5.60 Å². The number of carbonyl (C=O) groups is 1. The monoisotopic (exact) mass is 543 g/mol. The highest BCUT2D eigenvalue weighted by Crippen LogP contribution is 2.44. The van der Waals surface area contributed by atoms with Crippen molar-refractivity contribution in [1.82, 2.24) is 15.5 Å². The van der Waals surface area contributed by atoms with Crippen molar-refractivity contribution >= 4 is 17.6 Å². The summed E-state index contributed by atoms with van der Waals surface area (Å²) in [5.41, 5.74) is 1.63. The maximum absolute atomic E-state index is 13.4. The maximum Gasteiger partial charge on any atom is 0.317 e. The van der Waals surface area contributed by atoms with E-state index in [9.17, 15) is 9.90 Å². The Morgan fingerprint density at radius 2 is 1.87 bits per heavy atom. The molecule has 0 spiro atoms. The molecule has 1 fully saturated rings. The Morgan fingerprint density at radius 3 is 2.55 bits per heavy atom. The first-order valence-corrected chi connectivity index (χ1v) is 14.4. The fraction of sp³-hybridized carbons (Fsp3) is 0.581. The number of benzene rings is 2. The lowest BCUT2D eigenvalue weighted by Crippen LogP contribution is -2.54. The lowest BCUT2D eigenvalue weighted by molar-refractivity contribution is -0.0559. The van der Waals surface area contributed by atoms with Crippen molar-refractivity contribution < 1.29 is 14.6 Å². The zero-order valence-electron chi connectivity index (χ0n) is 23.5. The van der Waals surface area contributed by atoms with Crippen LogP contribution < -0.4 is 10.6 Å². The van der Waals surface area contributed by atoms with E-state index >= 15 is 0 Å². The first-order valence-electron chi connectivity index (χ1n) is 14.1. The predicted octanol–water partition coefficient (Wildman–Crippen LogP) is 6.07. The summed E-state index contributed by atoms with van der Waals surface area (Å²) in [5.74, 6) is 0.391. The Hall–Kier alpha value is -2.12. The van der Waals surface area contributed by atoms with Crippen LogP contribution in [0.5, 0.6) is 0 Å². The fourth-order valence-corrected chi connectivity index (χ4v) is 6.04. The Labute approximate surface area is 234 Å².